The summed E-state index contributed by atoms with van der Waals surface area (Å²) in [5.41, 5.74) is 5.86. The SMILES string of the molecule is CCC1CCN(CC(=O)NCCCOC(C)C)C(CN)C1. The van der Waals surface area contributed by atoms with Crippen molar-refractivity contribution in [3.63, 3.8) is 0 Å². The van der Waals surface area contributed by atoms with Gasteiger partial charge >= 0.3 is 0 Å². The molecule has 0 spiro atoms. The zero-order valence-corrected chi connectivity index (χ0v) is 13.9. The van der Waals surface area contributed by atoms with Gasteiger partial charge in [-0.1, -0.05) is 13.3 Å². The third kappa shape index (κ3) is 7.25. The van der Waals surface area contributed by atoms with Crippen LogP contribution in [0.3, 0.4) is 0 Å². The van der Waals surface area contributed by atoms with Gasteiger partial charge in [0, 0.05) is 25.7 Å². The van der Waals surface area contributed by atoms with Crippen molar-refractivity contribution in [1.82, 2.24) is 10.2 Å². The summed E-state index contributed by atoms with van der Waals surface area (Å²) in [5.74, 6) is 0.874. The van der Waals surface area contributed by atoms with E-state index in [0.29, 0.717) is 32.3 Å². The quantitative estimate of drug-likeness (QED) is 0.631. The van der Waals surface area contributed by atoms with Crippen molar-refractivity contribution < 1.29 is 9.53 Å². The van der Waals surface area contributed by atoms with Gasteiger partial charge in [0.25, 0.3) is 0 Å². The molecule has 1 amide bonds. The first-order valence-corrected chi connectivity index (χ1v) is 8.39. The van der Waals surface area contributed by atoms with Crippen LogP contribution in [0.4, 0.5) is 0 Å². The van der Waals surface area contributed by atoms with Crippen LogP contribution in [-0.4, -0.2) is 55.7 Å². The second-order valence-corrected chi connectivity index (χ2v) is 6.28. The minimum Gasteiger partial charge on any atom is -0.379 e. The van der Waals surface area contributed by atoms with E-state index >= 15 is 0 Å². The Morgan fingerprint density at radius 1 is 1.48 bits per heavy atom. The van der Waals surface area contributed by atoms with Gasteiger partial charge in [-0.2, -0.15) is 0 Å². The smallest absolute Gasteiger partial charge is 0.234 e. The predicted molar refractivity (Wildman–Crippen MR) is 86.1 cm³/mol. The summed E-state index contributed by atoms with van der Waals surface area (Å²) in [4.78, 5) is 14.2. The van der Waals surface area contributed by atoms with E-state index in [4.69, 9.17) is 10.5 Å². The van der Waals surface area contributed by atoms with E-state index in [-0.39, 0.29) is 12.0 Å². The number of carbonyl (C=O) groups excluding carboxylic acids is 1. The molecule has 1 rings (SSSR count). The minimum absolute atomic E-state index is 0.105. The Hall–Kier alpha value is -0.650. The maximum absolute atomic E-state index is 12.0. The number of nitrogens with zero attached hydrogens (tertiary/aromatic N) is 1. The Balaban J connectivity index is 2.21. The van der Waals surface area contributed by atoms with E-state index in [2.05, 4.69) is 17.1 Å². The summed E-state index contributed by atoms with van der Waals surface area (Å²) in [6, 6.07) is 0.360. The first kappa shape index (κ1) is 18.4. The first-order chi connectivity index (χ1) is 10.1. The first-order valence-electron chi connectivity index (χ1n) is 8.39. The number of nitrogens with one attached hydrogen (secondary N) is 1. The van der Waals surface area contributed by atoms with Gasteiger partial charge in [-0.25, -0.2) is 0 Å². The highest BCUT2D eigenvalue weighted by Crippen LogP contribution is 2.24. The van der Waals surface area contributed by atoms with Crippen molar-refractivity contribution in [2.75, 3.05) is 32.8 Å². The van der Waals surface area contributed by atoms with E-state index in [1.54, 1.807) is 0 Å². The molecule has 124 valence electrons. The lowest BCUT2D eigenvalue weighted by molar-refractivity contribution is -0.123. The fourth-order valence-corrected chi connectivity index (χ4v) is 2.87. The molecule has 2 atom stereocenters. The maximum Gasteiger partial charge on any atom is 0.234 e. The van der Waals surface area contributed by atoms with Crippen molar-refractivity contribution in [1.29, 1.82) is 0 Å². The Morgan fingerprint density at radius 2 is 2.24 bits per heavy atom. The molecule has 1 aliphatic rings. The highest BCUT2D eigenvalue weighted by atomic mass is 16.5. The lowest BCUT2D eigenvalue weighted by atomic mass is 9.89. The van der Waals surface area contributed by atoms with Gasteiger partial charge in [0.15, 0.2) is 0 Å². The molecule has 0 saturated carbocycles. The van der Waals surface area contributed by atoms with Crippen LogP contribution in [0.5, 0.6) is 0 Å². The molecule has 5 heteroatoms. The van der Waals surface area contributed by atoms with E-state index in [0.717, 1.165) is 25.3 Å². The number of rotatable bonds is 9. The third-order valence-electron chi connectivity index (χ3n) is 4.24. The lowest BCUT2D eigenvalue weighted by Gasteiger charge is -2.38. The molecular weight excluding hydrogens is 266 g/mol. The summed E-state index contributed by atoms with van der Waals surface area (Å²) in [6.07, 6.45) is 4.64. The zero-order valence-electron chi connectivity index (χ0n) is 13.9. The van der Waals surface area contributed by atoms with Gasteiger partial charge in [-0.3, -0.25) is 9.69 Å². The Labute approximate surface area is 129 Å². The van der Waals surface area contributed by atoms with Gasteiger partial charge < -0.3 is 15.8 Å². The molecule has 0 aromatic carbocycles. The van der Waals surface area contributed by atoms with Crippen LogP contribution in [0.25, 0.3) is 0 Å². The van der Waals surface area contributed by atoms with Crippen LogP contribution in [0.2, 0.25) is 0 Å². The molecule has 0 bridgehead atoms. The fraction of sp³-hybridized carbons (Fsp3) is 0.938. The summed E-state index contributed by atoms with van der Waals surface area (Å²) >= 11 is 0. The van der Waals surface area contributed by atoms with Gasteiger partial charge in [0.2, 0.25) is 5.91 Å². The molecule has 0 aliphatic carbocycles. The molecular formula is C16H33N3O2. The van der Waals surface area contributed by atoms with E-state index in [1.165, 1.54) is 12.8 Å². The average Bonchev–Trinajstić information content (AvgIpc) is 2.47. The topological polar surface area (TPSA) is 67.6 Å². The number of piperidine rings is 1. The van der Waals surface area contributed by atoms with Crippen LogP contribution in [0, 0.1) is 5.92 Å². The normalized spacial score (nSPS) is 23.5. The molecule has 1 fully saturated rings. The molecule has 2 unspecified atom stereocenters. The van der Waals surface area contributed by atoms with E-state index in [9.17, 15) is 4.79 Å². The molecule has 0 radical (unpaired) electrons. The second kappa shape index (κ2) is 10.1. The number of nitrogens with two attached hydrogens (primary N) is 1. The lowest BCUT2D eigenvalue weighted by Crippen LogP contribution is -2.50. The summed E-state index contributed by atoms with van der Waals surface area (Å²) in [5, 5.41) is 2.97. The number of amides is 1. The number of likely N-dealkylation sites (tertiary alicyclic amines) is 1. The van der Waals surface area contributed by atoms with Crippen LogP contribution < -0.4 is 11.1 Å². The third-order valence-corrected chi connectivity index (χ3v) is 4.24. The summed E-state index contributed by atoms with van der Waals surface area (Å²) < 4.78 is 5.45. The monoisotopic (exact) mass is 299 g/mol. The molecule has 0 aromatic rings. The number of ether oxygens (including phenoxy) is 1. The maximum atomic E-state index is 12.0. The second-order valence-electron chi connectivity index (χ2n) is 6.28. The Kier molecular flexibility index (Phi) is 8.88. The largest absolute Gasteiger partial charge is 0.379 e. The summed E-state index contributed by atoms with van der Waals surface area (Å²) in [6.45, 7) is 9.77. The number of hydrogen-bond donors (Lipinski definition) is 2. The Morgan fingerprint density at radius 3 is 2.86 bits per heavy atom. The number of hydrogen-bond acceptors (Lipinski definition) is 4. The van der Waals surface area contributed by atoms with E-state index < -0.39 is 0 Å². The van der Waals surface area contributed by atoms with Crippen molar-refractivity contribution in [3.8, 4) is 0 Å². The minimum atomic E-state index is 0.105. The standard InChI is InChI=1S/C16H33N3O2/c1-4-14-6-8-19(15(10-14)11-17)12-16(20)18-7-5-9-21-13(2)3/h13-15H,4-12,17H2,1-3H3,(H,18,20). The zero-order chi connectivity index (χ0) is 15.7. The Bertz CT molecular complexity index is 297. The number of carbonyl (C=O) groups is 1. The molecule has 1 aliphatic heterocycles. The van der Waals surface area contributed by atoms with Crippen molar-refractivity contribution in [2.45, 2.75) is 58.6 Å². The van der Waals surface area contributed by atoms with Crippen LogP contribution in [0.15, 0.2) is 0 Å². The van der Waals surface area contributed by atoms with Crippen molar-refractivity contribution in [3.05, 3.63) is 0 Å². The van der Waals surface area contributed by atoms with Crippen molar-refractivity contribution >= 4 is 5.91 Å². The van der Waals surface area contributed by atoms with Crippen LogP contribution >= 0.6 is 0 Å². The molecule has 3 N–H and O–H groups in total. The van der Waals surface area contributed by atoms with Gasteiger partial charge in [-0.15, -0.1) is 0 Å². The molecule has 0 aromatic heterocycles. The van der Waals surface area contributed by atoms with Gasteiger partial charge in [0.1, 0.15) is 0 Å². The van der Waals surface area contributed by atoms with Gasteiger partial charge in [0.05, 0.1) is 12.6 Å². The molecule has 1 heterocycles. The highest BCUT2D eigenvalue weighted by Gasteiger charge is 2.27. The predicted octanol–water partition coefficient (Wildman–Crippen LogP) is 1.37. The average molecular weight is 299 g/mol. The van der Waals surface area contributed by atoms with E-state index in [1.807, 2.05) is 13.8 Å². The van der Waals surface area contributed by atoms with Crippen LogP contribution in [-0.2, 0) is 9.53 Å². The van der Waals surface area contributed by atoms with Crippen molar-refractivity contribution in [2.24, 2.45) is 11.7 Å². The molecule has 21 heavy (non-hydrogen) atoms. The summed E-state index contributed by atoms with van der Waals surface area (Å²) in [7, 11) is 0. The van der Waals surface area contributed by atoms with Crippen LogP contribution in [0.1, 0.15) is 46.5 Å². The molecule has 1 saturated heterocycles. The van der Waals surface area contributed by atoms with Gasteiger partial charge in [-0.05, 0) is 45.6 Å². The fourth-order valence-electron chi connectivity index (χ4n) is 2.87. The molecule has 5 nitrogen and oxygen atoms in total. The highest BCUT2D eigenvalue weighted by molar-refractivity contribution is 5.78.